The van der Waals surface area contributed by atoms with E-state index < -0.39 is 11.7 Å². The maximum atomic E-state index is 13.4. The minimum atomic E-state index is -4.48. The van der Waals surface area contributed by atoms with Crippen molar-refractivity contribution in [2.45, 2.75) is 37.8 Å². The normalized spacial score (nSPS) is 22.9. The molecular weight excluding hydrogens is 397 g/mol. The van der Waals surface area contributed by atoms with Crippen molar-refractivity contribution in [3.8, 4) is 0 Å². The number of halogens is 3. The highest BCUT2D eigenvalue weighted by Gasteiger charge is 2.38. The zero-order valence-corrected chi connectivity index (χ0v) is 16.8. The van der Waals surface area contributed by atoms with Gasteiger partial charge in [0.25, 0.3) is 0 Å². The summed E-state index contributed by atoms with van der Waals surface area (Å²) in [6.45, 7) is 1.95. The number of aromatic nitrogens is 4. The highest BCUT2D eigenvalue weighted by molar-refractivity contribution is 5.80. The van der Waals surface area contributed by atoms with Gasteiger partial charge in [-0.2, -0.15) is 13.2 Å². The monoisotopic (exact) mass is 422 g/mol. The van der Waals surface area contributed by atoms with Gasteiger partial charge >= 0.3 is 6.18 Å². The van der Waals surface area contributed by atoms with E-state index in [1.807, 2.05) is 16.5 Å². The summed E-state index contributed by atoms with van der Waals surface area (Å²) >= 11 is 0. The lowest BCUT2D eigenvalue weighted by atomic mass is 9.92. The molecule has 10 heteroatoms. The molecule has 0 N–H and O–H groups in total. The molecule has 2 fully saturated rings. The van der Waals surface area contributed by atoms with Crippen molar-refractivity contribution >= 4 is 11.7 Å². The molecule has 0 bridgehead atoms. The second-order valence-corrected chi connectivity index (χ2v) is 8.08. The third-order valence-electron chi connectivity index (χ3n) is 6.01. The molecule has 2 aliphatic rings. The largest absolute Gasteiger partial charge is 0.419 e. The number of hydrogen-bond donors (Lipinski definition) is 0. The van der Waals surface area contributed by atoms with Gasteiger partial charge in [-0.05, 0) is 37.8 Å². The highest BCUT2D eigenvalue weighted by Crippen LogP contribution is 2.37. The Morgan fingerprint density at radius 3 is 2.70 bits per heavy atom. The molecule has 30 heavy (non-hydrogen) atoms. The van der Waals surface area contributed by atoms with Crippen LogP contribution >= 0.6 is 0 Å². The number of carbonyl (C=O) groups is 1. The first-order valence-electron chi connectivity index (χ1n) is 10.2. The lowest BCUT2D eigenvalue weighted by Gasteiger charge is -2.38. The lowest BCUT2D eigenvalue weighted by molar-refractivity contribution is -0.137. The van der Waals surface area contributed by atoms with Crippen LogP contribution in [0.25, 0.3) is 0 Å². The number of carbonyl (C=O) groups excluding carboxylic acids is 1. The SMILES string of the molecule is Cn1cnnc1[C@H]1CCCN(C(=O)[C@@H]2CCCN(c3ncccc3C(F)(F)F)C2)C1. The van der Waals surface area contributed by atoms with Crippen LogP contribution in [0, 0.1) is 5.92 Å². The van der Waals surface area contributed by atoms with E-state index in [1.54, 1.807) is 11.2 Å². The number of piperidine rings is 2. The van der Waals surface area contributed by atoms with Crippen LogP contribution in [0.3, 0.4) is 0 Å². The molecule has 0 saturated carbocycles. The summed E-state index contributed by atoms with van der Waals surface area (Å²) in [4.78, 5) is 20.7. The topological polar surface area (TPSA) is 67.2 Å². The van der Waals surface area contributed by atoms with Gasteiger partial charge in [0.15, 0.2) is 0 Å². The molecule has 4 heterocycles. The Bertz CT molecular complexity index is 899. The molecule has 2 atom stereocenters. The van der Waals surface area contributed by atoms with Crippen LogP contribution in [0.2, 0.25) is 0 Å². The van der Waals surface area contributed by atoms with Gasteiger partial charge in [-0.15, -0.1) is 10.2 Å². The number of pyridine rings is 1. The van der Waals surface area contributed by atoms with Gasteiger partial charge in [-0.1, -0.05) is 0 Å². The summed E-state index contributed by atoms with van der Waals surface area (Å²) in [5, 5.41) is 8.11. The predicted molar refractivity (Wildman–Crippen MR) is 104 cm³/mol. The van der Waals surface area contributed by atoms with Crippen molar-refractivity contribution in [3.63, 3.8) is 0 Å². The van der Waals surface area contributed by atoms with E-state index in [9.17, 15) is 18.0 Å². The first kappa shape index (κ1) is 20.6. The van der Waals surface area contributed by atoms with Crippen LogP contribution in [0.1, 0.15) is 43.0 Å². The summed E-state index contributed by atoms with van der Waals surface area (Å²) in [6.07, 6.45) is 1.69. The van der Waals surface area contributed by atoms with E-state index in [4.69, 9.17) is 0 Å². The quantitative estimate of drug-likeness (QED) is 0.761. The van der Waals surface area contributed by atoms with Crippen molar-refractivity contribution in [1.82, 2.24) is 24.6 Å². The van der Waals surface area contributed by atoms with Crippen LogP contribution in [0.5, 0.6) is 0 Å². The van der Waals surface area contributed by atoms with Gasteiger partial charge in [-0.25, -0.2) is 4.98 Å². The van der Waals surface area contributed by atoms with Crippen LogP contribution in [0.4, 0.5) is 19.0 Å². The summed E-state index contributed by atoms with van der Waals surface area (Å²) < 4.78 is 42.1. The average Bonchev–Trinajstić information content (AvgIpc) is 3.19. The molecule has 162 valence electrons. The summed E-state index contributed by atoms with van der Waals surface area (Å²) in [7, 11) is 1.89. The molecule has 2 aromatic heterocycles. The first-order chi connectivity index (χ1) is 14.3. The van der Waals surface area contributed by atoms with Crippen molar-refractivity contribution in [1.29, 1.82) is 0 Å². The number of alkyl halides is 3. The second-order valence-electron chi connectivity index (χ2n) is 8.08. The van der Waals surface area contributed by atoms with Crippen LogP contribution in [-0.4, -0.2) is 56.7 Å². The van der Waals surface area contributed by atoms with E-state index in [1.165, 1.54) is 12.3 Å². The number of aryl methyl sites for hydroxylation is 1. The molecule has 0 aromatic carbocycles. The molecule has 7 nitrogen and oxygen atoms in total. The van der Waals surface area contributed by atoms with Crippen molar-refractivity contribution in [2.75, 3.05) is 31.1 Å². The Morgan fingerprint density at radius 1 is 1.17 bits per heavy atom. The zero-order valence-electron chi connectivity index (χ0n) is 16.8. The summed E-state index contributed by atoms with van der Waals surface area (Å²) in [6, 6.07) is 2.34. The third kappa shape index (κ3) is 4.13. The van der Waals surface area contributed by atoms with E-state index >= 15 is 0 Å². The maximum Gasteiger partial charge on any atom is 0.419 e. The molecule has 2 saturated heterocycles. The molecule has 0 aliphatic carbocycles. The van der Waals surface area contributed by atoms with Gasteiger partial charge in [0.1, 0.15) is 18.0 Å². The van der Waals surface area contributed by atoms with Crippen LogP contribution in [-0.2, 0) is 18.0 Å². The summed E-state index contributed by atoms with van der Waals surface area (Å²) in [5.74, 6) is 0.581. The van der Waals surface area contributed by atoms with Gasteiger partial charge in [0.05, 0.1) is 11.5 Å². The van der Waals surface area contributed by atoms with Crippen molar-refractivity contribution in [2.24, 2.45) is 13.0 Å². The zero-order chi connectivity index (χ0) is 21.3. The van der Waals surface area contributed by atoms with Crippen LogP contribution in [0.15, 0.2) is 24.7 Å². The number of anilines is 1. The molecule has 2 aromatic rings. The maximum absolute atomic E-state index is 13.4. The van der Waals surface area contributed by atoms with E-state index in [0.717, 1.165) is 24.7 Å². The number of rotatable bonds is 3. The standard InChI is InChI=1S/C20H25F3N6O/c1-27-13-25-26-17(27)14-5-3-10-29(11-14)19(30)15-6-4-9-28(12-15)18-16(20(21,22)23)7-2-8-24-18/h2,7-8,13-15H,3-6,9-12H2,1H3/t14-,15+/m0/s1. The smallest absolute Gasteiger partial charge is 0.355 e. The van der Waals surface area contributed by atoms with E-state index in [2.05, 4.69) is 15.2 Å². The molecule has 0 unspecified atom stereocenters. The van der Waals surface area contributed by atoms with E-state index in [0.29, 0.717) is 32.5 Å². The number of amides is 1. The Hall–Kier alpha value is -2.65. The minimum Gasteiger partial charge on any atom is -0.355 e. The second kappa shape index (κ2) is 8.23. The van der Waals surface area contributed by atoms with Gasteiger partial charge in [-0.3, -0.25) is 4.79 Å². The highest BCUT2D eigenvalue weighted by atomic mass is 19.4. The molecule has 2 aliphatic heterocycles. The number of hydrogen-bond acceptors (Lipinski definition) is 5. The fraction of sp³-hybridized carbons (Fsp3) is 0.600. The van der Waals surface area contributed by atoms with Crippen molar-refractivity contribution < 1.29 is 18.0 Å². The average molecular weight is 422 g/mol. The fourth-order valence-corrected chi connectivity index (χ4v) is 4.55. The first-order valence-corrected chi connectivity index (χ1v) is 10.2. The van der Waals surface area contributed by atoms with Crippen molar-refractivity contribution in [3.05, 3.63) is 36.0 Å². The summed E-state index contributed by atoms with van der Waals surface area (Å²) in [5.41, 5.74) is -0.751. The van der Waals surface area contributed by atoms with E-state index in [-0.39, 0.29) is 30.1 Å². The molecule has 0 radical (unpaired) electrons. The Balaban J connectivity index is 1.47. The molecule has 1 amide bonds. The van der Waals surface area contributed by atoms with Gasteiger partial charge in [0, 0.05) is 45.3 Å². The Kier molecular flexibility index (Phi) is 5.66. The third-order valence-corrected chi connectivity index (χ3v) is 6.01. The minimum absolute atomic E-state index is 0.0102. The molecular formula is C20H25F3N6O. The number of nitrogens with zero attached hydrogens (tertiary/aromatic N) is 6. The van der Waals surface area contributed by atoms with Gasteiger partial charge in [0.2, 0.25) is 5.91 Å². The number of likely N-dealkylation sites (tertiary alicyclic amines) is 1. The fourth-order valence-electron chi connectivity index (χ4n) is 4.55. The Labute approximate surface area is 172 Å². The molecule has 0 spiro atoms. The Morgan fingerprint density at radius 2 is 1.97 bits per heavy atom. The van der Waals surface area contributed by atoms with Gasteiger partial charge < -0.3 is 14.4 Å². The molecule has 4 rings (SSSR count). The van der Waals surface area contributed by atoms with Crippen LogP contribution < -0.4 is 4.90 Å². The lowest BCUT2D eigenvalue weighted by Crippen LogP contribution is -2.48. The predicted octanol–water partition coefficient (Wildman–Crippen LogP) is 2.85.